The first-order valence-corrected chi connectivity index (χ1v) is 11.5. The lowest BCUT2D eigenvalue weighted by molar-refractivity contribution is -0.172. The first-order valence-electron chi connectivity index (χ1n) is 9.62. The van der Waals surface area contributed by atoms with E-state index < -0.39 is 14.6 Å². The van der Waals surface area contributed by atoms with Crippen molar-refractivity contribution in [2.45, 2.75) is 57.1 Å². The fraction of sp³-hybridized carbons (Fsp3) is 0.391. The smallest absolute Gasteiger partial charge is 0.261 e. The van der Waals surface area contributed by atoms with Crippen LogP contribution in [0, 0.1) is 0 Å². The first kappa shape index (κ1) is 20.0. The van der Waals surface area contributed by atoms with E-state index in [1.54, 1.807) is 6.08 Å². The standard InChI is InChI=1S/C23H30O3Si/c1-5-18-16-19(17-22(24)25-18)26-27(23(2,3)4,20-12-8-6-9-13-20)21-14-10-7-11-15-21/h5-15,18-19,22,24H,1,16-17H2,2-4H3/t18-,19-,22?/m0/s1. The van der Waals surface area contributed by atoms with Gasteiger partial charge in [0, 0.05) is 12.8 Å². The number of benzene rings is 2. The van der Waals surface area contributed by atoms with E-state index in [0.717, 1.165) is 0 Å². The molecule has 27 heavy (non-hydrogen) atoms. The molecule has 1 saturated heterocycles. The second-order valence-electron chi connectivity index (χ2n) is 8.24. The molecule has 1 fully saturated rings. The van der Waals surface area contributed by atoms with Gasteiger partial charge >= 0.3 is 0 Å². The minimum absolute atomic E-state index is 0.0805. The quantitative estimate of drug-likeness (QED) is 0.634. The molecule has 0 bridgehead atoms. The van der Waals surface area contributed by atoms with Gasteiger partial charge in [-0.15, -0.1) is 6.58 Å². The molecule has 1 aliphatic heterocycles. The highest BCUT2D eigenvalue weighted by atomic mass is 28.4. The topological polar surface area (TPSA) is 38.7 Å². The van der Waals surface area contributed by atoms with E-state index in [9.17, 15) is 5.11 Å². The average Bonchev–Trinajstić information content (AvgIpc) is 2.66. The van der Waals surface area contributed by atoms with Crippen LogP contribution >= 0.6 is 0 Å². The molecule has 0 spiro atoms. The van der Waals surface area contributed by atoms with Gasteiger partial charge in [0.2, 0.25) is 0 Å². The lowest BCUT2D eigenvalue weighted by Gasteiger charge is -2.46. The zero-order valence-electron chi connectivity index (χ0n) is 16.5. The molecule has 3 nitrogen and oxygen atoms in total. The van der Waals surface area contributed by atoms with Gasteiger partial charge in [0.25, 0.3) is 8.32 Å². The summed E-state index contributed by atoms with van der Waals surface area (Å²) in [6.45, 7) is 10.6. The highest BCUT2D eigenvalue weighted by Gasteiger charge is 2.52. The van der Waals surface area contributed by atoms with Gasteiger partial charge in [0.1, 0.15) is 0 Å². The van der Waals surface area contributed by atoms with E-state index in [0.29, 0.717) is 12.8 Å². The van der Waals surface area contributed by atoms with Gasteiger partial charge in [-0.05, 0) is 15.4 Å². The minimum atomic E-state index is -2.61. The van der Waals surface area contributed by atoms with Gasteiger partial charge < -0.3 is 14.3 Å². The van der Waals surface area contributed by atoms with Crippen LogP contribution in [-0.4, -0.2) is 31.9 Å². The third-order valence-corrected chi connectivity index (χ3v) is 10.4. The van der Waals surface area contributed by atoms with Crippen molar-refractivity contribution in [3.8, 4) is 0 Å². The maximum Gasteiger partial charge on any atom is 0.261 e. The summed E-state index contributed by atoms with van der Waals surface area (Å²) >= 11 is 0. The molecule has 1 heterocycles. The average molecular weight is 383 g/mol. The van der Waals surface area contributed by atoms with Gasteiger partial charge in [0.05, 0.1) is 12.2 Å². The Balaban J connectivity index is 2.11. The zero-order valence-corrected chi connectivity index (χ0v) is 17.5. The van der Waals surface area contributed by atoms with E-state index in [-0.39, 0.29) is 17.2 Å². The van der Waals surface area contributed by atoms with E-state index >= 15 is 0 Å². The highest BCUT2D eigenvalue weighted by Crippen LogP contribution is 2.39. The van der Waals surface area contributed by atoms with E-state index in [4.69, 9.17) is 9.16 Å². The van der Waals surface area contributed by atoms with Crippen LogP contribution < -0.4 is 10.4 Å². The van der Waals surface area contributed by atoms with Crippen molar-refractivity contribution in [3.05, 3.63) is 73.3 Å². The fourth-order valence-corrected chi connectivity index (χ4v) is 8.79. The molecule has 0 amide bonds. The summed E-state index contributed by atoms with van der Waals surface area (Å²) in [6, 6.07) is 21.2. The molecule has 3 atom stereocenters. The van der Waals surface area contributed by atoms with Crippen LogP contribution in [0.15, 0.2) is 73.3 Å². The molecular weight excluding hydrogens is 352 g/mol. The molecule has 1 N–H and O–H groups in total. The van der Waals surface area contributed by atoms with Crippen LogP contribution in [0.4, 0.5) is 0 Å². The van der Waals surface area contributed by atoms with Gasteiger partial charge in [-0.3, -0.25) is 0 Å². The molecule has 144 valence electrons. The van der Waals surface area contributed by atoms with Crippen LogP contribution in [0.25, 0.3) is 0 Å². The fourth-order valence-electron chi connectivity index (χ4n) is 4.08. The molecule has 4 heteroatoms. The zero-order chi connectivity index (χ0) is 19.5. The summed E-state index contributed by atoms with van der Waals surface area (Å²) < 4.78 is 12.6. The summed E-state index contributed by atoms with van der Waals surface area (Å²) in [7, 11) is -2.61. The third kappa shape index (κ3) is 4.09. The molecule has 0 aliphatic carbocycles. The van der Waals surface area contributed by atoms with Crippen LogP contribution in [0.5, 0.6) is 0 Å². The lowest BCUT2D eigenvalue weighted by Crippen LogP contribution is -2.68. The van der Waals surface area contributed by atoms with Crippen molar-refractivity contribution in [3.63, 3.8) is 0 Å². The number of hydrogen-bond acceptors (Lipinski definition) is 3. The predicted octanol–water partition coefficient (Wildman–Crippen LogP) is 3.62. The Labute approximate surface area is 163 Å². The predicted molar refractivity (Wildman–Crippen MR) is 113 cm³/mol. The molecule has 0 saturated carbocycles. The van der Waals surface area contributed by atoms with E-state index in [1.165, 1.54) is 10.4 Å². The number of ether oxygens (including phenoxy) is 1. The Morgan fingerprint density at radius 2 is 1.52 bits per heavy atom. The molecule has 3 rings (SSSR count). The SMILES string of the molecule is C=C[C@H]1C[C@H](O[Si](c2ccccc2)(c2ccccc2)C(C)(C)C)CC(O)O1. The summed E-state index contributed by atoms with van der Waals surface area (Å²) in [5.41, 5.74) is 0. The van der Waals surface area contributed by atoms with E-state index in [1.807, 2.05) is 12.1 Å². The maximum atomic E-state index is 10.2. The number of rotatable bonds is 5. The van der Waals surface area contributed by atoms with E-state index in [2.05, 4.69) is 75.9 Å². The van der Waals surface area contributed by atoms with Crippen LogP contribution in [0.3, 0.4) is 0 Å². The highest BCUT2D eigenvalue weighted by molar-refractivity contribution is 6.99. The van der Waals surface area contributed by atoms with Crippen molar-refractivity contribution >= 4 is 18.7 Å². The Hall–Kier alpha value is -1.72. The molecule has 2 aromatic carbocycles. The minimum Gasteiger partial charge on any atom is -0.404 e. The number of aliphatic hydroxyl groups is 1. The lowest BCUT2D eigenvalue weighted by atomic mass is 10.1. The van der Waals surface area contributed by atoms with Crippen LogP contribution in [0.2, 0.25) is 5.04 Å². The summed E-state index contributed by atoms with van der Waals surface area (Å²) in [5, 5.41) is 12.6. The van der Waals surface area contributed by atoms with Crippen molar-refractivity contribution in [2.75, 3.05) is 0 Å². The molecule has 0 radical (unpaired) electrons. The third-order valence-electron chi connectivity index (χ3n) is 5.31. The Morgan fingerprint density at radius 3 is 1.96 bits per heavy atom. The molecule has 0 aromatic heterocycles. The van der Waals surface area contributed by atoms with Gasteiger partial charge in [-0.2, -0.15) is 0 Å². The van der Waals surface area contributed by atoms with Crippen LogP contribution in [-0.2, 0) is 9.16 Å². The molecule has 1 aliphatic rings. The Morgan fingerprint density at radius 1 is 1.00 bits per heavy atom. The van der Waals surface area contributed by atoms with Gasteiger partial charge in [-0.1, -0.05) is 87.5 Å². The van der Waals surface area contributed by atoms with Crippen molar-refractivity contribution < 1.29 is 14.3 Å². The normalized spacial score (nSPS) is 23.8. The largest absolute Gasteiger partial charge is 0.404 e. The van der Waals surface area contributed by atoms with Crippen molar-refractivity contribution in [1.29, 1.82) is 0 Å². The second-order valence-corrected chi connectivity index (χ2v) is 12.5. The molecule has 1 unspecified atom stereocenters. The van der Waals surface area contributed by atoms with Gasteiger partial charge in [-0.25, -0.2) is 0 Å². The summed E-state index contributed by atoms with van der Waals surface area (Å²) in [4.78, 5) is 0. The summed E-state index contributed by atoms with van der Waals surface area (Å²) in [5.74, 6) is 0. The molecule has 2 aromatic rings. The van der Waals surface area contributed by atoms with Crippen LogP contribution in [0.1, 0.15) is 33.6 Å². The number of hydrogen-bond donors (Lipinski definition) is 1. The monoisotopic (exact) mass is 382 g/mol. The Bertz CT molecular complexity index is 700. The van der Waals surface area contributed by atoms with Crippen molar-refractivity contribution in [2.24, 2.45) is 0 Å². The first-order chi connectivity index (χ1) is 12.9. The van der Waals surface area contributed by atoms with Crippen molar-refractivity contribution in [1.82, 2.24) is 0 Å². The second kappa shape index (κ2) is 8.11. The molecular formula is C23H30O3Si. The number of aliphatic hydroxyl groups excluding tert-OH is 1. The van der Waals surface area contributed by atoms with Gasteiger partial charge in [0.15, 0.2) is 6.29 Å². The summed E-state index contributed by atoms with van der Waals surface area (Å²) in [6.07, 6.45) is 1.87. The maximum absolute atomic E-state index is 10.2. The Kier molecular flexibility index (Phi) is 6.01.